The highest BCUT2D eigenvalue weighted by Crippen LogP contribution is 2.22. The van der Waals surface area contributed by atoms with Crippen LogP contribution in [0, 0.1) is 0 Å². The van der Waals surface area contributed by atoms with Crippen molar-refractivity contribution in [2.24, 2.45) is 0 Å². The first-order valence-electron chi connectivity index (χ1n) is 10.3. The predicted molar refractivity (Wildman–Crippen MR) is 123 cm³/mol. The fourth-order valence-corrected chi connectivity index (χ4v) is 3.32. The lowest BCUT2D eigenvalue weighted by Crippen LogP contribution is -2.47. The van der Waals surface area contributed by atoms with Crippen LogP contribution in [-0.4, -0.2) is 36.5 Å². The summed E-state index contributed by atoms with van der Waals surface area (Å²) < 4.78 is 10.3. The van der Waals surface area contributed by atoms with Crippen LogP contribution in [0.2, 0.25) is 0 Å². The van der Waals surface area contributed by atoms with Gasteiger partial charge in [0.1, 0.15) is 5.60 Å². The van der Waals surface area contributed by atoms with E-state index in [0.29, 0.717) is 5.69 Å². The van der Waals surface area contributed by atoms with E-state index in [9.17, 15) is 14.4 Å². The molecule has 166 valence electrons. The third-order valence-corrected chi connectivity index (χ3v) is 4.79. The first-order valence-corrected chi connectivity index (χ1v) is 10.3. The zero-order chi connectivity index (χ0) is 23.3. The molecular formula is C26H27NO5. The maximum atomic E-state index is 13.4. The van der Waals surface area contributed by atoms with Gasteiger partial charge < -0.3 is 14.4 Å². The second-order valence-electron chi connectivity index (χ2n) is 8.42. The summed E-state index contributed by atoms with van der Waals surface area (Å²) in [5.41, 5.74) is 0.600. The van der Waals surface area contributed by atoms with E-state index in [4.69, 9.17) is 9.47 Å². The van der Waals surface area contributed by atoms with Crippen molar-refractivity contribution in [3.63, 3.8) is 0 Å². The number of carbonyl (C=O) groups is 3. The molecule has 0 radical (unpaired) electrons. The summed E-state index contributed by atoms with van der Waals surface area (Å²) in [6, 6.07) is 22.8. The molecule has 0 saturated carbocycles. The van der Waals surface area contributed by atoms with Crippen molar-refractivity contribution in [3.05, 3.63) is 78.4 Å². The van der Waals surface area contributed by atoms with Crippen LogP contribution in [0.5, 0.6) is 0 Å². The molecule has 0 heterocycles. The Balaban J connectivity index is 1.92. The first kappa shape index (κ1) is 23.2. The van der Waals surface area contributed by atoms with Crippen molar-refractivity contribution >= 4 is 34.1 Å². The minimum atomic E-state index is -1.61. The van der Waals surface area contributed by atoms with Gasteiger partial charge in [0.25, 0.3) is 11.7 Å². The summed E-state index contributed by atoms with van der Waals surface area (Å²) in [4.78, 5) is 39.9. The normalized spacial score (nSPS) is 12.2. The molecule has 32 heavy (non-hydrogen) atoms. The number of methoxy groups -OCH3 is 1. The van der Waals surface area contributed by atoms with Crippen LogP contribution in [0.1, 0.15) is 26.3 Å². The molecule has 6 nitrogen and oxygen atoms in total. The van der Waals surface area contributed by atoms with Gasteiger partial charge in [0.15, 0.2) is 0 Å². The van der Waals surface area contributed by atoms with Gasteiger partial charge in [-0.1, -0.05) is 54.6 Å². The summed E-state index contributed by atoms with van der Waals surface area (Å²) in [6.45, 7) is 5.16. The summed E-state index contributed by atoms with van der Waals surface area (Å²) >= 11 is 0. The first-order chi connectivity index (χ1) is 15.2. The number of rotatable bonds is 7. The maximum Gasteiger partial charge on any atom is 0.378 e. The Kier molecular flexibility index (Phi) is 7.05. The highest BCUT2D eigenvalue weighted by molar-refractivity contribution is 6.40. The molecule has 0 N–H and O–H groups in total. The van der Waals surface area contributed by atoms with E-state index in [0.717, 1.165) is 16.3 Å². The number of hydrogen-bond donors (Lipinski definition) is 0. The zero-order valence-electron chi connectivity index (χ0n) is 18.7. The van der Waals surface area contributed by atoms with Crippen LogP contribution in [0.3, 0.4) is 0 Å². The largest absolute Gasteiger partial charge is 0.454 e. The predicted octanol–water partition coefficient (Wildman–Crippen LogP) is 4.30. The van der Waals surface area contributed by atoms with Crippen molar-refractivity contribution in [1.29, 1.82) is 0 Å². The molecule has 0 spiro atoms. The third-order valence-electron chi connectivity index (χ3n) is 4.79. The summed E-state index contributed by atoms with van der Waals surface area (Å²) in [5, 5.41) is 2.13. The van der Waals surface area contributed by atoms with Gasteiger partial charge in [0, 0.05) is 12.8 Å². The Bertz CT molecular complexity index is 1120. The SMILES string of the molecule is COC(C(=O)C(=O)OC(C)(C)C)C(=O)N(Cc1ccc2ccccc2c1)c1ccccc1. The second kappa shape index (κ2) is 9.75. The third kappa shape index (κ3) is 5.59. The molecule has 1 amide bonds. The Morgan fingerprint density at radius 1 is 0.875 bits per heavy atom. The molecule has 1 atom stereocenters. The van der Waals surface area contributed by atoms with Crippen molar-refractivity contribution in [3.8, 4) is 0 Å². The number of anilines is 1. The van der Waals surface area contributed by atoms with Gasteiger partial charge in [-0.2, -0.15) is 0 Å². The quantitative estimate of drug-likeness (QED) is 0.316. The van der Waals surface area contributed by atoms with Crippen molar-refractivity contribution in [1.82, 2.24) is 0 Å². The van der Waals surface area contributed by atoms with E-state index in [-0.39, 0.29) is 6.54 Å². The number of Topliss-reactive ketones (excluding diaryl/α,β-unsaturated/α-hetero) is 1. The Hall–Kier alpha value is -3.51. The molecule has 0 saturated heterocycles. The van der Waals surface area contributed by atoms with Crippen LogP contribution in [0.25, 0.3) is 10.8 Å². The summed E-state index contributed by atoms with van der Waals surface area (Å²) in [5.74, 6) is -2.77. The number of carbonyl (C=O) groups excluding carboxylic acids is 3. The van der Waals surface area contributed by atoms with Gasteiger partial charge in [-0.3, -0.25) is 9.59 Å². The standard InChI is InChI=1S/C26H27NO5/c1-26(2,3)32-25(30)22(28)23(31-4)24(29)27(21-12-6-5-7-13-21)17-18-14-15-19-10-8-9-11-20(19)16-18/h5-16,23H,17H2,1-4H3. The summed E-state index contributed by atoms with van der Waals surface area (Å²) in [6.07, 6.45) is -1.61. The number of nitrogens with zero attached hydrogens (tertiary/aromatic N) is 1. The molecule has 6 heteroatoms. The van der Waals surface area contributed by atoms with Crippen LogP contribution in [0.4, 0.5) is 5.69 Å². The van der Waals surface area contributed by atoms with Gasteiger partial charge in [0.2, 0.25) is 6.10 Å². The van der Waals surface area contributed by atoms with E-state index in [1.165, 1.54) is 12.0 Å². The summed E-state index contributed by atoms with van der Waals surface area (Å²) in [7, 11) is 1.23. The number of hydrogen-bond acceptors (Lipinski definition) is 5. The Morgan fingerprint density at radius 2 is 1.50 bits per heavy atom. The molecular weight excluding hydrogens is 406 g/mol. The van der Waals surface area contributed by atoms with Gasteiger partial charge in [-0.05, 0) is 55.3 Å². The maximum absolute atomic E-state index is 13.4. The van der Waals surface area contributed by atoms with Crippen molar-refractivity contribution < 1.29 is 23.9 Å². The van der Waals surface area contributed by atoms with Crippen molar-refractivity contribution in [2.75, 3.05) is 12.0 Å². The van der Waals surface area contributed by atoms with Crippen LogP contribution < -0.4 is 4.90 Å². The lowest BCUT2D eigenvalue weighted by Gasteiger charge is -2.27. The molecule has 0 aromatic heterocycles. The number of amides is 1. The fraction of sp³-hybridized carbons (Fsp3) is 0.269. The van der Waals surface area contributed by atoms with Crippen LogP contribution in [0.15, 0.2) is 72.8 Å². The van der Waals surface area contributed by atoms with E-state index >= 15 is 0 Å². The molecule has 0 bridgehead atoms. The smallest absolute Gasteiger partial charge is 0.378 e. The number of para-hydroxylation sites is 1. The molecule has 0 aliphatic rings. The average molecular weight is 434 g/mol. The number of benzene rings is 3. The Morgan fingerprint density at radius 3 is 2.12 bits per heavy atom. The minimum Gasteiger partial charge on any atom is -0.454 e. The molecule has 3 rings (SSSR count). The van der Waals surface area contributed by atoms with Crippen LogP contribution in [-0.2, 0) is 30.4 Å². The lowest BCUT2D eigenvalue weighted by atomic mass is 10.1. The van der Waals surface area contributed by atoms with E-state index < -0.39 is 29.4 Å². The minimum absolute atomic E-state index is 0.204. The van der Waals surface area contributed by atoms with Crippen LogP contribution >= 0.6 is 0 Å². The highest BCUT2D eigenvalue weighted by Gasteiger charge is 2.38. The molecule has 1 unspecified atom stereocenters. The molecule has 0 fully saturated rings. The molecule has 3 aromatic carbocycles. The van der Waals surface area contributed by atoms with Gasteiger partial charge in [0.05, 0.1) is 6.54 Å². The molecule has 0 aliphatic heterocycles. The fourth-order valence-electron chi connectivity index (χ4n) is 3.32. The van der Waals surface area contributed by atoms with Gasteiger partial charge in [-0.15, -0.1) is 0 Å². The molecule has 0 aliphatic carbocycles. The lowest BCUT2D eigenvalue weighted by molar-refractivity contribution is -0.167. The van der Waals surface area contributed by atoms with E-state index in [1.807, 2.05) is 48.5 Å². The second-order valence-corrected chi connectivity index (χ2v) is 8.42. The topological polar surface area (TPSA) is 72.9 Å². The van der Waals surface area contributed by atoms with Crippen molar-refractivity contribution in [2.45, 2.75) is 39.0 Å². The number of esters is 1. The molecule has 3 aromatic rings. The highest BCUT2D eigenvalue weighted by atomic mass is 16.6. The van der Waals surface area contributed by atoms with E-state index in [2.05, 4.69) is 0 Å². The monoisotopic (exact) mass is 433 g/mol. The Labute approximate surface area is 187 Å². The van der Waals surface area contributed by atoms with E-state index in [1.54, 1.807) is 45.0 Å². The van der Waals surface area contributed by atoms with Gasteiger partial charge >= 0.3 is 5.97 Å². The van der Waals surface area contributed by atoms with Gasteiger partial charge in [-0.25, -0.2) is 4.79 Å². The number of ketones is 1. The average Bonchev–Trinajstić information content (AvgIpc) is 2.77. The zero-order valence-corrected chi connectivity index (χ0v) is 18.7. The number of fused-ring (bicyclic) bond motifs is 1. The number of ether oxygens (including phenoxy) is 2.